The molecule has 0 amide bonds. The maximum Gasteiger partial charge on any atom is 0.0462 e. The topological polar surface area (TPSA) is 47.3 Å². The van der Waals surface area contributed by atoms with Gasteiger partial charge >= 0.3 is 0 Å². The van der Waals surface area contributed by atoms with Crippen molar-refractivity contribution in [3.63, 3.8) is 0 Å². The summed E-state index contributed by atoms with van der Waals surface area (Å²) in [6, 6.07) is 0.454. The molecule has 0 heterocycles. The highest BCUT2D eigenvalue weighted by atomic mass is 16.5. The van der Waals surface area contributed by atoms with E-state index >= 15 is 0 Å². The molecule has 1 unspecified atom stereocenters. The van der Waals surface area contributed by atoms with Crippen LogP contribution in [0.5, 0.6) is 0 Å². The van der Waals surface area contributed by atoms with Crippen LogP contribution in [0.4, 0.5) is 0 Å². The van der Waals surface area contributed by atoms with Gasteiger partial charge in [-0.3, -0.25) is 11.3 Å². The molecule has 0 aliphatic rings. The van der Waals surface area contributed by atoms with Crippen LogP contribution in [0.25, 0.3) is 0 Å². The Bertz CT molecular complexity index is 64.6. The minimum atomic E-state index is 0.454. The Morgan fingerprint density at radius 1 is 1.60 bits per heavy atom. The molecule has 10 heavy (non-hydrogen) atoms. The molecule has 0 aromatic rings. The standard InChI is InChI=1S/C7H18N2O/c1-3-7(9-8)5-4-6-10-2/h7,9H,3-6,8H2,1-2H3. The molecule has 0 aliphatic heterocycles. The first kappa shape index (κ1) is 9.88. The van der Waals surface area contributed by atoms with E-state index in [2.05, 4.69) is 12.3 Å². The second-order valence-corrected chi connectivity index (χ2v) is 2.41. The number of ether oxygens (including phenoxy) is 1. The molecular formula is C7H18N2O. The normalized spacial score (nSPS) is 13.5. The zero-order valence-corrected chi connectivity index (χ0v) is 6.89. The lowest BCUT2D eigenvalue weighted by Gasteiger charge is -2.11. The second kappa shape index (κ2) is 6.99. The summed E-state index contributed by atoms with van der Waals surface area (Å²) < 4.78 is 4.91. The lowest BCUT2D eigenvalue weighted by molar-refractivity contribution is 0.188. The third-order valence-electron chi connectivity index (χ3n) is 1.63. The van der Waals surface area contributed by atoms with E-state index in [4.69, 9.17) is 10.6 Å². The van der Waals surface area contributed by atoms with Gasteiger partial charge in [0, 0.05) is 19.8 Å². The summed E-state index contributed by atoms with van der Waals surface area (Å²) in [5, 5.41) is 0. The molecule has 0 radical (unpaired) electrons. The SMILES string of the molecule is CCC(CCCOC)NN. The molecule has 0 rings (SSSR count). The van der Waals surface area contributed by atoms with Crippen LogP contribution in [-0.4, -0.2) is 19.8 Å². The van der Waals surface area contributed by atoms with E-state index in [1.807, 2.05) is 0 Å². The maximum absolute atomic E-state index is 5.27. The summed E-state index contributed by atoms with van der Waals surface area (Å²) in [5.41, 5.74) is 2.76. The maximum atomic E-state index is 5.27. The number of rotatable bonds is 6. The summed E-state index contributed by atoms with van der Waals surface area (Å²) in [5.74, 6) is 5.27. The highest BCUT2D eigenvalue weighted by Crippen LogP contribution is 1.99. The fourth-order valence-corrected chi connectivity index (χ4v) is 0.879. The van der Waals surface area contributed by atoms with Gasteiger partial charge < -0.3 is 4.74 Å². The Morgan fingerprint density at radius 3 is 2.70 bits per heavy atom. The molecule has 0 saturated carbocycles. The molecule has 0 fully saturated rings. The summed E-state index contributed by atoms with van der Waals surface area (Å²) >= 11 is 0. The zero-order chi connectivity index (χ0) is 7.82. The Labute approximate surface area is 62.9 Å². The summed E-state index contributed by atoms with van der Waals surface area (Å²) in [6.45, 7) is 2.95. The predicted molar refractivity (Wildman–Crippen MR) is 42.5 cm³/mol. The van der Waals surface area contributed by atoms with Gasteiger partial charge in [0.15, 0.2) is 0 Å². The van der Waals surface area contributed by atoms with Gasteiger partial charge in [-0.1, -0.05) is 6.92 Å². The predicted octanol–water partition coefficient (Wildman–Crippen LogP) is 0.655. The average molecular weight is 146 g/mol. The number of nitrogens with one attached hydrogen (secondary N) is 1. The van der Waals surface area contributed by atoms with Crippen LogP contribution in [-0.2, 0) is 4.74 Å². The lowest BCUT2D eigenvalue weighted by atomic mass is 10.1. The minimum Gasteiger partial charge on any atom is -0.385 e. The highest BCUT2D eigenvalue weighted by Gasteiger charge is 2.00. The molecule has 0 aromatic heterocycles. The number of nitrogens with two attached hydrogens (primary N) is 1. The summed E-state index contributed by atoms with van der Waals surface area (Å²) in [7, 11) is 1.72. The molecule has 0 bridgehead atoms. The number of methoxy groups -OCH3 is 1. The monoisotopic (exact) mass is 146 g/mol. The van der Waals surface area contributed by atoms with Gasteiger partial charge in [0.1, 0.15) is 0 Å². The van der Waals surface area contributed by atoms with Gasteiger partial charge in [0.2, 0.25) is 0 Å². The van der Waals surface area contributed by atoms with Crippen molar-refractivity contribution in [3.8, 4) is 0 Å². The molecule has 0 saturated heterocycles. The first-order chi connectivity index (χ1) is 4.85. The van der Waals surface area contributed by atoms with E-state index in [-0.39, 0.29) is 0 Å². The van der Waals surface area contributed by atoms with Crippen LogP contribution in [0.3, 0.4) is 0 Å². The van der Waals surface area contributed by atoms with Gasteiger partial charge in [-0.05, 0) is 19.3 Å². The van der Waals surface area contributed by atoms with Crippen LogP contribution < -0.4 is 11.3 Å². The van der Waals surface area contributed by atoms with E-state index in [1.54, 1.807) is 7.11 Å². The molecule has 0 aromatic carbocycles. The van der Waals surface area contributed by atoms with E-state index in [0.29, 0.717) is 6.04 Å². The molecule has 0 spiro atoms. The summed E-state index contributed by atoms with van der Waals surface area (Å²) in [6.07, 6.45) is 3.26. The van der Waals surface area contributed by atoms with Gasteiger partial charge in [0.05, 0.1) is 0 Å². The second-order valence-electron chi connectivity index (χ2n) is 2.41. The smallest absolute Gasteiger partial charge is 0.0462 e. The van der Waals surface area contributed by atoms with E-state index in [9.17, 15) is 0 Å². The third kappa shape index (κ3) is 4.73. The zero-order valence-electron chi connectivity index (χ0n) is 6.89. The molecule has 1 atom stereocenters. The Kier molecular flexibility index (Phi) is 6.91. The number of hydrogen-bond acceptors (Lipinski definition) is 3. The molecule has 62 valence electrons. The quantitative estimate of drug-likeness (QED) is 0.329. The minimum absolute atomic E-state index is 0.454. The van der Waals surface area contributed by atoms with Crippen molar-refractivity contribution < 1.29 is 4.74 Å². The van der Waals surface area contributed by atoms with Crippen LogP contribution in [0.2, 0.25) is 0 Å². The molecule has 3 N–H and O–H groups in total. The largest absolute Gasteiger partial charge is 0.385 e. The van der Waals surface area contributed by atoms with Gasteiger partial charge in [-0.2, -0.15) is 0 Å². The fraction of sp³-hybridized carbons (Fsp3) is 1.00. The lowest BCUT2D eigenvalue weighted by Crippen LogP contribution is -2.34. The molecule has 3 heteroatoms. The molecule has 3 nitrogen and oxygen atoms in total. The fourth-order valence-electron chi connectivity index (χ4n) is 0.879. The number of hydrazine groups is 1. The van der Waals surface area contributed by atoms with E-state index in [0.717, 1.165) is 25.9 Å². The van der Waals surface area contributed by atoms with Gasteiger partial charge in [0.25, 0.3) is 0 Å². The van der Waals surface area contributed by atoms with Gasteiger partial charge in [-0.25, -0.2) is 0 Å². The van der Waals surface area contributed by atoms with Gasteiger partial charge in [-0.15, -0.1) is 0 Å². The summed E-state index contributed by atoms with van der Waals surface area (Å²) in [4.78, 5) is 0. The van der Waals surface area contributed by atoms with Crippen molar-refractivity contribution in [2.24, 2.45) is 5.84 Å². The van der Waals surface area contributed by atoms with Crippen LogP contribution >= 0.6 is 0 Å². The van der Waals surface area contributed by atoms with Crippen molar-refractivity contribution in [2.75, 3.05) is 13.7 Å². The van der Waals surface area contributed by atoms with Crippen molar-refractivity contribution >= 4 is 0 Å². The highest BCUT2D eigenvalue weighted by molar-refractivity contribution is 4.59. The van der Waals surface area contributed by atoms with Crippen LogP contribution in [0.1, 0.15) is 26.2 Å². The van der Waals surface area contributed by atoms with Crippen LogP contribution in [0.15, 0.2) is 0 Å². The van der Waals surface area contributed by atoms with E-state index < -0.39 is 0 Å². The average Bonchev–Trinajstić information content (AvgIpc) is 1.99. The van der Waals surface area contributed by atoms with E-state index in [1.165, 1.54) is 0 Å². The third-order valence-corrected chi connectivity index (χ3v) is 1.63. The van der Waals surface area contributed by atoms with Crippen molar-refractivity contribution in [3.05, 3.63) is 0 Å². The Hall–Kier alpha value is -0.120. The Morgan fingerprint density at radius 2 is 2.30 bits per heavy atom. The number of hydrogen-bond donors (Lipinski definition) is 2. The molecular weight excluding hydrogens is 128 g/mol. The Balaban J connectivity index is 3.09. The molecule has 0 aliphatic carbocycles. The van der Waals surface area contributed by atoms with Crippen molar-refractivity contribution in [1.29, 1.82) is 0 Å². The van der Waals surface area contributed by atoms with Crippen LogP contribution in [0, 0.1) is 0 Å². The van der Waals surface area contributed by atoms with Crippen molar-refractivity contribution in [1.82, 2.24) is 5.43 Å². The first-order valence-electron chi connectivity index (χ1n) is 3.80. The first-order valence-corrected chi connectivity index (χ1v) is 3.80. The van der Waals surface area contributed by atoms with Crippen molar-refractivity contribution in [2.45, 2.75) is 32.2 Å².